The van der Waals surface area contributed by atoms with E-state index in [0.717, 1.165) is 0 Å². The third-order valence-electron chi connectivity index (χ3n) is 2.60. The largest absolute Gasteiger partial charge is 0.388 e. The fourth-order valence-electron chi connectivity index (χ4n) is 1.66. The first-order valence-corrected chi connectivity index (χ1v) is 6.10. The number of hydrogen-bond acceptors (Lipinski definition) is 3. The Morgan fingerprint density at radius 1 is 1.28 bits per heavy atom. The lowest BCUT2D eigenvalue weighted by Gasteiger charge is -2.19. The van der Waals surface area contributed by atoms with Gasteiger partial charge >= 0.3 is 0 Å². The van der Waals surface area contributed by atoms with Crippen molar-refractivity contribution >= 4 is 23.2 Å². The highest BCUT2D eigenvalue weighted by Gasteiger charge is 2.21. The van der Waals surface area contributed by atoms with Gasteiger partial charge in [0.05, 0.1) is 12.9 Å². The Morgan fingerprint density at radius 2 is 2.06 bits per heavy atom. The first-order valence-electron chi connectivity index (χ1n) is 5.35. The highest BCUT2D eigenvalue weighted by atomic mass is 35.5. The van der Waals surface area contributed by atoms with Crippen molar-refractivity contribution in [2.75, 3.05) is 0 Å². The molecule has 18 heavy (non-hydrogen) atoms. The van der Waals surface area contributed by atoms with Gasteiger partial charge in [-0.25, -0.2) is 4.98 Å². The molecular weight excluding hydrogens is 275 g/mol. The SMILES string of the molecule is OC(Cn1ccnc1)C(O)c1ccc(Cl)cc1Cl. The molecule has 0 aliphatic heterocycles. The molecule has 0 radical (unpaired) electrons. The Balaban J connectivity index is 2.12. The van der Waals surface area contributed by atoms with Crippen LogP contribution >= 0.6 is 23.2 Å². The average Bonchev–Trinajstić information content (AvgIpc) is 2.81. The number of benzene rings is 1. The molecule has 0 saturated heterocycles. The number of rotatable bonds is 4. The molecule has 0 spiro atoms. The zero-order valence-electron chi connectivity index (χ0n) is 9.37. The van der Waals surface area contributed by atoms with Crippen LogP contribution in [0.4, 0.5) is 0 Å². The summed E-state index contributed by atoms with van der Waals surface area (Å²) in [4.78, 5) is 3.86. The first kappa shape index (κ1) is 13.4. The molecule has 2 N–H and O–H groups in total. The van der Waals surface area contributed by atoms with Crippen molar-refractivity contribution in [3.63, 3.8) is 0 Å². The summed E-state index contributed by atoms with van der Waals surface area (Å²) < 4.78 is 1.68. The number of aliphatic hydroxyl groups is 2. The fraction of sp³-hybridized carbons (Fsp3) is 0.250. The Kier molecular flexibility index (Phi) is 4.24. The van der Waals surface area contributed by atoms with Crippen LogP contribution < -0.4 is 0 Å². The summed E-state index contributed by atoms with van der Waals surface area (Å²) in [6.45, 7) is 0.236. The lowest BCUT2D eigenvalue weighted by molar-refractivity contribution is 0.00822. The fourth-order valence-corrected chi connectivity index (χ4v) is 2.18. The molecule has 2 unspecified atom stereocenters. The molecule has 0 bridgehead atoms. The van der Waals surface area contributed by atoms with Crippen molar-refractivity contribution in [2.24, 2.45) is 0 Å². The summed E-state index contributed by atoms with van der Waals surface area (Å²) in [7, 11) is 0. The van der Waals surface area contributed by atoms with Crippen LogP contribution in [0.25, 0.3) is 0 Å². The van der Waals surface area contributed by atoms with E-state index in [9.17, 15) is 10.2 Å². The molecule has 0 aliphatic carbocycles. The predicted molar refractivity (Wildman–Crippen MR) is 69.7 cm³/mol. The smallest absolute Gasteiger partial charge is 0.108 e. The van der Waals surface area contributed by atoms with Crippen LogP contribution in [-0.2, 0) is 6.54 Å². The minimum atomic E-state index is -1.07. The number of imidazole rings is 1. The van der Waals surface area contributed by atoms with Crippen LogP contribution in [0.1, 0.15) is 11.7 Å². The van der Waals surface area contributed by atoms with Gasteiger partial charge in [-0.05, 0) is 12.1 Å². The Labute approximate surface area is 114 Å². The third-order valence-corrected chi connectivity index (χ3v) is 3.17. The highest BCUT2D eigenvalue weighted by molar-refractivity contribution is 6.35. The maximum absolute atomic E-state index is 10.0. The van der Waals surface area contributed by atoms with Crippen molar-refractivity contribution in [3.8, 4) is 0 Å². The minimum absolute atomic E-state index is 0.236. The molecule has 0 aliphatic rings. The third kappa shape index (κ3) is 3.03. The van der Waals surface area contributed by atoms with E-state index < -0.39 is 12.2 Å². The molecule has 2 atom stereocenters. The van der Waals surface area contributed by atoms with E-state index in [1.807, 2.05) is 0 Å². The van der Waals surface area contributed by atoms with Gasteiger partial charge in [0.1, 0.15) is 12.2 Å². The number of nitrogens with zero attached hydrogens (tertiary/aromatic N) is 2. The zero-order chi connectivity index (χ0) is 13.1. The van der Waals surface area contributed by atoms with Gasteiger partial charge in [0.25, 0.3) is 0 Å². The number of hydrogen-bond donors (Lipinski definition) is 2. The van der Waals surface area contributed by atoms with Crippen LogP contribution in [0, 0.1) is 0 Å². The summed E-state index contributed by atoms with van der Waals surface area (Å²) in [5.74, 6) is 0. The number of aromatic nitrogens is 2. The van der Waals surface area contributed by atoms with E-state index in [1.54, 1.807) is 35.4 Å². The quantitative estimate of drug-likeness (QED) is 0.907. The second kappa shape index (κ2) is 5.71. The summed E-state index contributed by atoms with van der Waals surface area (Å²) >= 11 is 11.8. The van der Waals surface area contributed by atoms with Crippen LogP contribution in [0.3, 0.4) is 0 Å². The standard InChI is InChI=1S/C12H12Cl2N2O2/c13-8-1-2-9(10(14)5-8)12(18)11(17)6-16-4-3-15-7-16/h1-5,7,11-12,17-18H,6H2. The molecule has 2 aromatic rings. The van der Waals surface area contributed by atoms with Gasteiger partial charge in [0.2, 0.25) is 0 Å². The van der Waals surface area contributed by atoms with Crippen LogP contribution in [0.2, 0.25) is 10.0 Å². The molecular formula is C12H12Cl2N2O2. The first-order chi connectivity index (χ1) is 8.58. The Morgan fingerprint density at radius 3 is 2.67 bits per heavy atom. The van der Waals surface area contributed by atoms with Crippen molar-refractivity contribution in [1.82, 2.24) is 9.55 Å². The summed E-state index contributed by atoms with van der Waals surface area (Å²) in [5, 5.41) is 20.8. The summed E-state index contributed by atoms with van der Waals surface area (Å²) in [5.41, 5.74) is 0.452. The van der Waals surface area contributed by atoms with Crippen molar-refractivity contribution in [2.45, 2.75) is 18.8 Å². The van der Waals surface area contributed by atoms with Gasteiger partial charge in [0, 0.05) is 28.0 Å². The average molecular weight is 287 g/mol. The normalized spacial score (nSPS) is 14.4. The molecule has 0 fully saturated rings. The molecule has 4 nitrogen and oxygen atoms in total. The molecule has 6 heteroatoms. The van der Waals surface area contributed by atoms with Crippen molar-refractivity contribution < 1.29 is 10.2 Å². The molecule has 0 amide bonds. The highest BCUT2D eigenvalue weighted by Crippen LogP contribution is 2.28. The van der Waals surface area contributed by atoms with Crippen molar-refractivity contribution in [1.29, 1.82) is 0 Å². The van der Waals surface area contributed by atoms with Crippen LogP contribution in [0.15, 0.2) is 36.9 Å². The lowest BCUT2D eigenvalue weighted by Crippen LogP contribution is -2.23. The Bertz CT molecular complexity index is 517. The van der Waals surface area contributed by atoms with Gasteiger partial charge in [-0.15, -0.1) is 0 Å². The summed E-state index contributed by atoms with van der Waals surface area (Å²) in [6, 6.07) is 4.76. The van der Waals surface area contributed by atoms with Gasteiger partial charge < -0.3 is 14.8 Å². The second-order valence-corrected chi connectivity index (χ2v) is 4.78. The van der Waals surface area contributed by atoms with E-state index in [1.165, 1.54) is 6.07 Å². The monoisotopic (exact) mass is 286 g/mol. The van der Waals surface area contributed by atoms with Gasteiger partial charge in [-0.2, -0.15) is 0 Å². The lowest BCUT2D eigenvalue weighted by atomic mass is 10.0. The Hall–Kier alpha value is -1.07. The topological polar surface area (TPSA) is 58.3 Å². The van der Waals surface area contributed by atoms with Crippen LogP contribution in [-0.4, -0.2) is 25.9 Å². The molecule has 96 valence electrons. The minimum Gasteiger partial charge on any atom is -0.388 e. The molecule has 1 aromatic carbocycles. The number of aliphatic hydroxyl groups excluding tert-OH is 2. The predicted octanol–water partition coefficient (Wildman–Crippen LogP) is 2.28. The maximum Gasteiger partial charge on any atom is 0.108 e. The van der Waals surface area contributed by atoms with E-state index >= 15 is 0 Å². The van der Waals surface area contributed by atoms with E-state index in [-0.39, 0.29) is 6.54 Å². The zero-order valence-corrected chi connectivity index (χ0v) is 10.9. The summed E-state index contributed by atoms with van der Waals surface area (Å²) in [6.07, 6.45) is 2.84. The van der Waals surface area contributed by atoms with E-state index in [0.29, 0.717) is 15.6 Å². The van der Waals surface area contributed by atoms with E-state index in [2.05, 4.69) is 4.98 Å². The van der Waals surface area contributed by atoms with Gasteiger partial charge in [0.15, 0.2) is 0 Å². The van der Waals surface area contributed by atoms with Gasteiger partial charge in [-0.1, -0.05) is 29.3 Å². The molecule has 0 saturated carbocycles. The molecule has 1 heterocycles. The number of halogens is 2. The molecule has 1 aromatic heterocycles. The van der Waals surface area contributed by atoms with E-state index in [4.69, 9.17) is 23.2 Å². The van der Waals surface area contributed by atoms with Crippen molar-refractivity contribution in [3.05, 3.63) is 52.5 Å². The maximum atomic E-state index is 10.0. The molecule has 2 rings (SSSR count). The second-order valence-electron chi connectivity index (χ2n) is 3.94. The van der Waals surface area contributed by atoms with Gasteiger partial charge in [-0.3, -0.25) is 0 Å². The van der Waals surface area contributed by atoms with Crippen LogP contribution in [0.5, 0.6) is 0 Å².